The number of anilines is 1. The third-order valence-corrected chi connectivity index (χ3v) is 3.25. The van der Waals surface area contributed by atoms with Crippen molar-refractivity contribution in [3.05, 3.63) is 30.0 Å². The average Bonchev–Trinajstić information content (AvgIpc) is 2.46. The highest BCUT2D eigenvalue weighted by atomic mass is 16.5. The maximum Gasteiger partial charge on any atom is 0.148 e. The van der Waals surface area contributed by atoms with Crippen LogP contribution in [0.1, 0.15) is 5.69 Å². The van der Waals surface area contributed by atoms with Gasteiger partial charge in [0.2, 0.25) is 0 Å². The Kier molecular flexibility index (Phi) is 3.57. The van der Waals surface area contributed by atoms with E-state index in [-0.39, 0.29) is 6.10 Å². The van der Waals surface area contributed by atoms with E-state index in [1.807, 2.05) is 31.2 Å². The van der Waals surface area contributed by atoms with Gasteiger partial charge in [0.15, 0.2) is 0 Å². The van der Waals surface area contributed by atoms with Gasteiger partial charge in [0.05, 0.1) is 29.4 Å². The van der Waals surface area contributed by atoms with Gasteiger partial charge in [0.1, 0.15) is 5.82 Å². The van der Waals surface area contributed by atoms with Crippen molar-refractivity contribution >= 4 is 16.9 Å². The van der Waals surface area contributed by atoms with Crippen molar-refractivity contribution in [1.82, 2.24) is 15.3 Å². The van der Waals surface area contributed by atoms with Crippen molar-refractivity contribution < 1.29 is 4.74 Å². The van der Waals surface area contributed by atoms with Crippen molar-refractivity contribution in [2.75, 3.05) is 31.6 Å². The lowest BCUT2D eigenvalue weighted by molar-refractivity contribution is 0.0372. The van der Waals surface area contributed by atoms with Crippen molar-refractivity contribution in [2.24, 2.45) is 0 Å². The van der Waals surface area contributed by atoms with E-state index < -0.39 is 0 Å². The molecule has 0 radical (unpaired) electrons. The van der Waals surface area contributed by atoms with Gasteiger partial charge in [-0.2, -0.15) is 0 Å². The third kappa shape index (κ3) is 2.83. The van der Waals surface area contributed by atoms with Crippen LogP contribution in [0, 0.1) is 6.92 Å². The Morgan fingerprint density at radius 1 is 1.32 bits per heavy atom. The van der Waals surface area contributed by atoms with E-state index >= 15 is 0 Å². The summed E-state index contributed by atoms with van der Waals surface area (Å²) in [5.41, 5.74) is 2.77. The fraction of sp³-hybridized carbons (Fsp3) is 0.429. The van der Waals surface area contributed by atoms with Gasteiger partial charge < -0.3 is 15.4 Å². The van der Waals surface area contributed by atoms with Crippen LogP contribution in [-0.4, -0.2) is 42.3 Å². The van der Waals surface area contributed by atoms with Crippen molar-refractivity contribution in [3.63, 3.8) is 0 Å². The number of hydrogen-bond donors (Lipinski definition) is 2. The molecule has 1 fully saturated rings. The number of aryl methyl sites for hydroxylation is 1. The molecule has 0 bridgehead atoms. The molecule has 0 saturated carbocycles. The molecule has 1 aromatic heterocycles. The van der Waals surface area contributed by atoms with Crippen molar-refractivity contribution in [1.29, 1.82) is 0 Å². The fourth-order valence-corrected chi connectivity index (χ4v) is 2.22. The number of para-hydroxylation sites is 2. The molecule has 0 amide bonds. The Balaban J connectivity index is 1.74. The molecule has 1 aliphatic rings. The fourth-order valence-electron chi connectivity index (χ4n) is 2.22. The predicted molar refractivity (Wildman–Crippen MR) is 75.4 cm³/mol. The highest BCUT2D eigenvalue weighted by Crippen LogP contribution is 2.16. The largest absolute Gasteiger partial charge is 0.374 e. The second-order valence-electron chi connectivity index (χ2n) is 4.72. The Labute approximate surface area is 112 Å². The zero-order valence-corrected chi connectivity index (χ0v) is 11.0. The van der Waals surface area contributed by atoms with E-state index in [9.17, 15) is 0 Å². The second kappa shape index (κ2) is 5.50. The van der Waals surface area contributed by atoms with Gasteiger partial charge in [-0.15, -0.1) is 0 Å². The minimum Gasteiger partial charge on any atom is -0.374 e. The summed E-state index contributed by atoms with van der Waals surface area (Å²) in [7, 11) is 0. The minimum absolute atomic E-state index is 0.196. The Morgan fingerprint density at radius 3 is 2.84 bits per heavy atom. The molecule has 2 heterocycles. The molecule has 1 aromatic carbocycles. The van der Waals surface area contributed by atoms with Gasteiger partial charge in [-0.25, -0.2) is 9.97 Å². The van der Waals surface area contributed by atoms with E-state index in [2.05, 4.69) is 20.6 Å². The molecule has 19 heavy (non-hydrogen) atoms. The van der Waals surface area contributed by atoms with Crippen LogP contribution in [0.3, 0.4) is 0 Å². The van der Waals surface area contributed by atoms with Gasteiger partial charge >= 0.3 is 0 Å². The van der Waals surface area contributed by atoms with E-state index in [1.54, 1.807) is 0 Å². The molecule has 1 saturated heterocycles. The number of ether oxygens (including phenoxy) is 1. The summed E-state index contributed by atoms with van der Waals surface area (Å²) in [5.74, 6) is 0.841. The zero-order valence-electron chi connectivity index (χ0n) is 11.0. The molecule has 0 aliphatic carbocycles. The molecule has 100 valence electrons. The lowest BCUT2D eigenvalue weighted by Crippen LogP contribution is -2.42. The first-order valence-electron chi connectivity index (χ1n) is 6.62. The van der Waals surface area contributed by atoms with Crippen LogP contribution in [0.15, 0.2) is 24.3 Å². The first kappa shape index (κ1) is 12.3. The van der Waals surface area contributed by atoms with Crippen LogP contribution in [0.5, 0.6) is 0 Å². The Morgan fingerprint density at radius 2 is 2.11 bits per heavy atom. The molecule has 2 N–H and O–H groups in total. The van der Waals surface area contributed by atoms with E-state index in [1.165, 1.54) is 0 Å². The van der Waals surface area contributed by atoms with Crippen molar-refractivity contribution in [2.45, 2.75) is 13.0 Å². The van der Waals surface area contributed by atoms with E-state index in [0.29, 0.717) is 0 Å². The zero-order chi connectivity index (χ0) is 13.1. The normalized spacial score (nSPS) is 19.5. The average molecular weight is 258 g/mol. The van der Waals surface area contributed by atoms with Crippen LogP contribution in [0.25, 0.3) is 11.0 Å². The van der Waals surface area contributed by atoms with E-state index in [0.717, 1.165) is 48.8 Å². The number of fused-ring (bicyclic) bond motifs is 1. The summed E-state index contributed by atoms with van der Waals surface area (Å²) in [6.07, 6.45) is 0.196. The number of morpholine rings is 1. The predicted octanol–water partition coefficient (Wildman–Crippen LogP) is 1.34. The maximum atomic E-state index is 5.65. The lowest BCUT2D eigenvalue weighted by atomic mass is 10.2. The van der Waals surface area contributed by atoms with Crippen molar-refractivity contribution in [3.8, 4) is 0 Å². The molecule has 2 aromatic rings. The van der Waals surface area contributed by atoms with E-state index in [4.69, 9.17) is 4.74 Å². The molecule has 1 atom stereocenters. The summed E-state index contributed by atoms with van der Waals surface area (Å²) < 4.78 is 5.65. The number of aromatic nitrogens is 2. The SMILES string of the molecule is Cc1nc2ccccc2nc1NCC1CNCCO1. The quantitative estimate of drug-likeness (QED) is 0.870. The number of nitrogens with one attached hydrogen (secondary N) is 2. The van der Waals surface area contributed by atoms with Gasteiger partial charge in [0.25, 0.3) is 0 Å². The number of hydrogen-bond acceptors (Lipinski definition) is 5. The minimum atomic E-state index is 0.196. The molecule has 5 nitrogen and oxygen atoms in total. The molecular formula is C14H18N4O. The number of nitrogens with zero attached hydrogens (tertiary/aromatic N) is 2. The summed E-state index contributed by atoms with van der Waals surface area (Å²) >= 11 is 0. The van der Waals surface area contributed by atoms with Gasteiger partial charge in [-0.05, 0) is 19.1 Å². The van der Waals surface area contributed by atoms with Crippen LogP contribution in [-0.2, 0) is 4.74 Å². The lowest BCUT2D eigenvalue weighted by Gasteiger charge is -2.24. The van der Waals surface area contributed by atoms with Crippen LogP contribution in [0.4, 0.5) is 5.82 Å². The van der Waals surface area contributed by atoms with Gasteiger partial charge in [0, 0.05) is 19.6 Å². The smallest absolute Gasteiger partial charge is 0.148 e. The molecular weight excluding hydrogens is 240 g/mol. The van der Waals surface area contributed by atoms with Crippen LogP contribution >= 0.6 is 0 Å². The first-order chi connectivity index (χ1) is 9.33. The maximum absolute atomic E-state index is 5.65. The summed E-state index contributed by atoms with van der Waals surface area (Å²) in [6, 6.07) is 7.91. The number of benzene rings is 1. The molecule has 5 heteroatoms. The Hall–Kier alpha value is -1.72. The van der Waals surface area contributed by atoms with Crippen LogP contribution < -0.4 is 10.6 Å². The van der Waals surface area contributed by atoms with Crippen LogP contribution in [0.2, 0.25) is 0 Å². The Bertz CT molecular complexity index is 566. The first-order valence-corrected chi connectivity index (χ1v) is 6.62. The van der Waals surface area contributed by atoms with Gasteiger partial charge in [-0.1, -0.05) is 12.1 Å². The highest BCUT2D eigenvalue weighted by Gasteiger charge is 2.14. The second-order valence-corrected chi connectivity index (χ2v) is 4.72. The molecule has 1 aliphatic heterocycles. The topological polar surface area (TPSA) is 59.1 Å². The molecule has 3 rings (SSSR count). The summed E-state index contributed by atoms with van der Waals surface area (Å²) in [5, 5.41) is 6.65. The van der Waals surface area contributed by atoms with Gasteiger partial charge in [-0.3, -0.25) is 0 Å². The summed E-state index contributed by atoms with van der Waals surface area (Å²) in [4.78, 5) is 9.17. The molecule has 0 spiro atoms. The standard InChI is InChI=1S/C14H18N4O/c1-10-14(16-9-11-8-15-6-7-19-11)18-13-5-3-2-4-12(13)17-10/h2-5,11,15H,6-9H2,1H3,(H,16,18). The monoisotopic (exact) mass is 258 g/mol. The molecule has 1 unspecified atom stereocenters. The third-order valence-electron chi connectivity index (χ3n) is 3.25. The highest BCUT2D eigenvalue weighted by molar-refractivity contribution is 5.76. The number of rotatable bonds is 3. The summed E-state index contributed by atoms with van der Waals surface area (Å²) in [6.45, 7) is 5.32.